The molecule has 0 aromatic carbocycles. The maximum absolute atomic E-state index is 6.24. The van der Waals surface area contributed by atoms with Gasteiger partial charge in [-0.25, -0.2) is 0 Å². The summed E-state index contributed by atoms with van der Waals surface area (Å²) in [5, 5.41) is 0. The molecule has 0 aromatic rings. The number of rotatable bonds is 4. The molecule has 11 heavy (non-hydrogen) atoms. The molecule has 0 spiro atoms. The van der Waals surface area contributed by atoms with Crippen molar-refractivity contribution in [3.8, 4) is 0 Å². The summed E-state index contributed by atoms with van der Waals surface area (Å²) >= 11 is 0. The summed E-state index contributed by atoms with van der Waals surface area (Å²) in [6.07, 6.45) is 2.23. The second-order valence-electron chi connectivity index (χ2n) is 4.34. The maximum Gasteiger partial charge on any atom is 0.0177 e. The van der Waals surface area contributed by atoms with Crippen LogP contribution in [0, 0.1) is 11.8 Å². The van der Waals surface area contributed by atoms with E-state index in [9.17, 15) is 0 Å². The molecule has 0 aliphatic heterocycles. The van der Waals surface area contributed by atoms with Gasteiger partial charge in [0, 0.05) is 5.54 Å². The number of hydrogen-bond donors (Lipinski definition) is 1. The van der Waals surface area contributed by atoms with Crippen LogP contribution in [0.2, 0.25) is 0 Å². The zero-order chi connectivity index (χ0) is 9.07. The summed E-state index contributed by atoms with van der Waals surface area (Å²) < 4.78 is 0. The molecule has 0 rings (SSSR count). The lowest BCUT2D eigenvalue weighted by atomic mass is 9.78. The molecule has 0 aliphatic carbocycles. The SMILES string of the molecule is CCC(N)(CC(C)C)C(C)C. The highest BCUT2D eigenvalue weighted by molar-refractivity contribution is 4.86. The molecule has 1 nitrogen and oxygen atoms in total. The van der Waals surface area contributed by atoms with E-state index < -0.39 is 0 Å². The van der Waals surface area contributed by atoms with Crippen LogP contribution in [0.25, 0.3) is 0 Å². The summed E-state index contributed by atoms with van der Waals surface area (Å²) in [6.45, 7) is 11.1. The monoisotopic (exact) mass is 157 g/mol. The van der Waals surface area contributed by atoms with E-state index in [1.807, 2.05) is 0 Å². The normalized spacial score (nSPS) is 17.5. The van der Waals surface area contributed by atoms with Gasteiger partial charge in [0.25, 0.3) is 0 Å². The van der Waals surface area contributed by atoms with Gasteiger partial charge in [-0.3, -0.25) is 0 Å². The minimum absolute atomic E-state index is 0.0637. The van der Waals surface area contributed by atoms with Crippen molar-refractivity contribution in [1.29, 1.82) is 0 Å². The highest BCUT2D eigenvalue weighted by Crippen LogP contribution is 2.25. The van der Waals surface area contributed by atoms with Gasteiger partial charge < -0.3 is 5.73 Å². The average molecular weight is 157 g/mol. The fourth-order valence-corrected chi connectivity index (χ4v) is 1.55. The van der Waals surface area contributed by atoms with E-state index in [2.05, 4.69) is 34.6 Å². The predicted molar refractivity (Wildman–Crippen MR) is 51.5 cm³/mol. The van der Waals surface area contributed by atoms with Gasteiger partial charge in [-0.05, 0) is 24.7 Å². The maximum atomic E-state index is 6.24. The Morgan fingerprint density at radius 1 is 1.18 bits per heavy atom. The average Bonchev–Trinajstić information content (AvgIpc) is 1.86. The van der Waals surface area contributed by atoms with Crippen molar-refractivity contribution >= 4 is 0 Å². The van der Waals surface area contributed by atoms with Crippen LogP contribution in [0.15, 0.2) is 0 Å². The van der Waals surface area contributed by atoms with E-state index in [0.717, 1.165) is 12.8 Å². The standard InChI is InChI=1S/C10H23N/c1-6-10(11,9(4)5)7-8(2)3/h8-9H,6-7,11H2,1-5H3. The predicted octanol–water partition coefficient (Wildman–Crippen LogP) is 2.80. The molecule has 0 radical (unpaired) electrons. The summed E-state index contributed by atoms with van der Waals surface area (Å²) in [7, 11) is 0. The molecule has 68 valence electrons. The Morgan fingerprint density at radius 3 is 1.73 bits per heavy atom. The Hall–Kier alpha value is -0.0400. The Morgan fingerprint density at radius 2 is 1.64 bits per heavy atom. The van der Waals surface area contributed by atoms with Crippen LogP contribution < -0.4 is 5.73 Å². The minimum atomic E-state index is 0.0637. The molecule has 0 saturated heterocycles. The lowest BCUT2D eigenvalue weighted by Gasteiger charge is -2.34. The third-order valence-corrected chi connectivity index (χ3v) is 2.60. The second kappa shape index (κ2) is 4.10. The fourth-order valence-electron chi connectivity index (χ4n) is 1.55. The van der Waals surface area contributed by atoms with Crippen LogP contribution in [0.4, 0.5) is 0 Å². The third kappa shape index (κ3) is 3.24. The van der Waals surface area contributed by atoms with E-state index in [0.29, 0.717) is 11.8 Å². The van der Waals surface area contributed by atoms with Crippen molar-refractivity contribution < 1.29 is 0 Å². The molecule has 0 aliphatic rings. The fraction of sp³-hybridized carbons (Fsp3) is 1.00. The quantitative estimate of drug-likeness (QED) is 0.667. The Balaban J connectivity index is 4.10. The van der Waals surface area contributed by atoms with Crippen molar-refractivity contribution in [1.82, 2.24) is 0 Å². The molecule has 0 heterocycles. The summed E-state index contributed by atoms with van der Waals surface area (Å²) in [6, 6.07) is 0. The molecular weight excluding hydrogens is 134 g/mol. The highest BCUT2D eigenvalue weighted by atomic mass is 14.7. The summed E-state index contributed by atoms with van der Waals surface area (Å²) in [5.41, 5.74) is 6.30. The van der Waals surface area contributed by atoms with Crippen molar-refractivity contribution in [2.24, 2.45) is 17.6 Å². The Bertz CT molecular complexity index is 107. The van der Waals surface area contributed by atoms with Gasteiger partial charge >= 0.3 is 0 Å². The van der Waals surface area contributed by atoms with Gasteiger partial charge in [-0.15, -0.1) is 0 Å². The first-order valence-electron chi connectivity index (χ1n) is 4.71. The van der Waals surface area contributed by atoms with E-state index in [-0.39, 0.29) is 5.54 Å². The molecule has 0 saturated carbocycles. The molecule has 1 atom stereocenters. The van der Waals surface area contributed by atoms with Crippen molar-refractivity contribution in [3.05, 3.63) is 0 Å². The van der Waals surface area contributed by atoms with Crippen molar-refractivity contribution in [2.75, 3.05) is 0 Å². The molecular formula is C10H23N. The Labute approximate surface area is 71.4 Å². The number of nitrogens with two attached hydrogens (primary N) is 1. The van der Waals surface area contributed by atoms with Crippen molar-refractivity contribution in [3.63, 3.8) is 0 Å². The van der Waals surface area contributed by atoms with Crippen LogP contribution >= 0.6 is 0 Å². The molecule has 0 bridgehead atoms. The lowest BCUT2D eigenvalue weighted by Crippen LogP contribution is -2.45. The van der Waals surface area contributed by atoms with Crippen LogP contribution in [0.5, 0.6) is 0 Å². The zero-order valence-electron chi connectivity index (χ0n) is 8.65. The van der Waals surface area contributed by atoms with Gasteiger partial charge in [0.1, 0.15) is 0 Å². The first kappa shape index (κ1) is 11.0. The van der Waals surface area contributed by atoms with Crippen LogP contribution in [-0.2, 0) is 0 Å². The van der Waals surface area contributed by atoms with E-state index >= 15 is 0 Å². The van der Waals surface area contributed by atoms with E-state index in [1.54, 1.807) is 0 Å². The van der Waals surface area contributed by atoms with Gasteiger partial charge in [0.05, 0.1) is 0 Å². The van der Waals surface area contributed by atoms with Gasteiger partial charge in [0.2, 0.25) is 0 Å². The Kier molecular flexibility index (Phi) is 4.09. The summed E-state index contributed by atoms with van der Waals surface area (Å²) in [5.74, 6) is 1.30. The molecule has 2 N–H and O–H groups in total. The number of hydrogen-bond acceptors (Lipinski definition) is 1. The van der Waals surface area contributed by atoms with Gasteiger partial charge in [-0.2, -0.15) is 0 Å². The van der Waals surface area contributed by atoms with Gasteiger partial charge in [-0.1, -0.05) is 34.6 Å². The van der Waals surface area contributed by atoms with E-state index in [4.69, 9.17) is 5.73 Å². The van der Waals surface area contributed by atoms with Crippen LogP contribution in [0.1, 0.15) is 47.5 Å². The largest absolute Gasteiger partial charge is 0.325 e. The van der Waals surface area contributed by atoms with Crippen LogP contribution in [0.3, 0.4) is 0 Å². The topological polar surface area (TPSA) is 26.0 Å². The smallest absolute Gasteiger partial charge is 0.0177 e. The summed E-state index contributed by atoms with van der Waals surface area (Å²) in [4.78, 5) is 0. The minimum Gasteiger partial charge on any atom is -0.325 e. The zero-order valence-corrected chi connectivity index (χ0v) is 8.65. The second-order valence-corrected chi connectivity index (χ2v) is 4.34. The first-order valence-corrected chi connectivity index (χ1v) is 4.71. The molecule has 0 amide bonds. The lowest BCUT2D eigenvalue weighted by molar-refractivity contribution is 0.246. The molecule has 0 fully saturated rings. The van der Waals surface area contributed by atoms with E-state index in [1.165, 1.54) is 0 Å². The van der Waals surface area contributed by atoms with Gasteiger partial charge in [0.15, 0.2) is 0 Å². The molecule has 0 aromatic heterocycles. The third-order valence-electron chi connectivity index (χ3n) is 2.60. The highest BCUT2D eigenvalue weighted by Gasteiger charge is 2.27. The van der Waals surface area contributed by atoms with Crippen LogP contribution in [-0.4, -0.2) is 5.54 Å². The van der Waals surface area contributed by atoms with Crippen molar-refractivity contribution in [2.45, 2.75) is 53.0 Å². The molecule has 1 heteroatoms. The molecule has 1 unspecified atom stereocenters. The first-order chi connectivity index (χ1) is 4.92.